The Hall–Kier alpha value is -6.51. The zero-order chi connectivity index (χ0) is 41.8. The molecule has 0 aliphatic carbocycles. The topological polar surface area (TPSA) is 167 Å². The summed E-state index contributed by atoms with van der Waals surface area (Å²) in [5, 5.41) is 43.9. The highest BCUT2D eigenvalue weighted by atomic mass is 35.5. The van der Waals surface area contributed by atoms with Gasteiger partial charge in [-0.05, 0) is 95.4 Å². The van der Waals surface area contributed by atoms with Crippen LogP contribution in [0, 0.1) is 18.6 Å². The van der Waals surface area contributed by atoms with Crippen molar-refractivity contribution in [1.29, 1.82) is 0 Å². The fraction of sp³-hybridized carbons (Fsp3) is 0.0732. The number of phenols is 2. The predicted molar refractivity (Wildman–Crippen MR) is 209 cm³/mol. The summed E-state index contributed by atoms with van der Waals surface area (Å²) in [6.45, 7) is 1.81. The van der Waals surface area contributed by atoms with Crippen molar-refractivity contribution in [2.24, 2.45) is 21.8 Å². The molecule has 16 heteroatoms. The van der Waals surface area contributed by atoms with Crippen molar-refractivity contribution in [1.82, 2.24) is 0 Å². The molecule has 294 valence electrons. The van der Waals surface area contributed by atoms with Gasteiger partial charge >= 0.3 is 6.18 Å². The highest BCUT2D eigenvalue weighted by molar-refractivity contribution is 6.45. The van der Waals surface area contributed by atoms with Gasteiger partial charge in [0.05, 0.1) is 22.7 Å². The van der Waals surface area contributed by atoms with Crippen LogP contribution in [0.4, 0.5) is 22.0 Å². The Morgan fingerprint density at radius 1 is 0.667 bits per heavy atom. The molecular formula is C41H31Cl2F5N4O5. The molecule has 57 heavy (non-hydrogen) atoms. The molecule has 0 bridgehead atoms. The van der Waals surface area contributed by atoms with E-state index in [1.165, 1.54) is 73.8 Å². The number of oxime groups is 2. The van der Waals surface area contributed by atoms with E-state index in [9.17, 15) is 42.6 Å². The van der Waals surface area contributed by atoms with Crippen molar-refractivity contribution in [3.8, 4) is 61.8 Å². The second-order valence-electron chi connectivity index (χ2n) is 12.3. The Morgan fingerprint density at radius 3 is 1.77 bits per heavy atom. The van der Waals surface area contributed by atoms with E-state index in [-0.39, 0.29) is 60.9 Å². The van der Waals surface area contributed by atoms with Gasteiger partial charge in [-0.15, -0.1) is 0 Å². The van der Waals surface area contributed by atoms with E-state index < -0.39 is 29.2 Å². The summed E-state index contributed by atoms with van der Waals surface area (Å²) in [5.74, 6) is -2.19. The quantitative estimate of drug-likeness (QED) is 0.0306. The first kappa shape index (κ1) is 41.6. The summed E-state index contributed by atoms with van der Waals surface area (Å²) in [6, 6.07) is 23.0. The van der Waals surface area contributed by atoms with Crippen molar-refractivity contribution in [2.45, 2.75) is 13.1 Å². The highest BCUT2D eigenvalue weighted by Crippen LogP contribution is 2.46. The Labute approximate surface area is 332 Å². The largest absolute Gasteiger partial charge is 0.508 e. The van der Waals surface area contributed by atoms with Crippen molar-refractivity contribution < 1.29 is 47.3 Å². The fourth-order valence-electron chi connectivity index (χ4n) is 6.06. The van der Waals surface area contributed by atoms with Crippen LogP contribution in [0.5, 0.6) is 17.2 Å². The van der Waals surface area contributed by atoms with Gasteiger partial charge < -0.3 is 36.8 Å². The van der Waals surface area contributed by atoms with Gasteiger partial charge in [0.1, 0.15) is 17.3 Å². The van der Waals surface area contributed by atoms with Crippen LogP contribution >= 0.6 is 23.2 Å². The molecule has 0 saturated carbocycles. The second-order valence-corrected chi connectivity index (χ2v) is 13.0. The summed E-state index contributed by atoms with van der Waals surface area (Å²) in [7, 11) is 1.22. The Morgan fingerprint density at radius 2 is 1.23 bits per heavy atom. The molecule has 0 heterocycles. The fourth-order valence-corrected chi connectivity index (χ4v) is 6.52. The summed E-state index contributed by atoms with van der Waals surface area (Å²) in [6.07, 6.45) is -4.74. The predicted octanol–water partition coefficient (Wildman–Crippen LogP) is 10.6. The number of benzene rings is 6. The lowest BCUT2D eigenvalue weighted by Crippen LogP contribution is -2.17. The summed E-state index contributed by atoms with van der Waals surface area (Å²) >= 11 is 12.8. The SMILES string of the molecule is COc1c(F)cccc1-c1c(C(N)=NO)cc(C(F)(F)F)cc1-c1ccc(O)cc1.Cc1ccc(F)cc1-c1c(C(N)=NO)cc(Cl)c(Cl)c1-c1ccc(O)cc1. The molecule has 0 unspecified atom stereocenters. The number of aryl methyl sites for hydroxylation is 1. The Kier molecular flexibility index (Phi) is 12.5. The van der Waals surface area contributed by atoms with E-state index in [0.29, 0.717) is 27.8 Å². The van der Waals surface area contributed by atoms with Crippen LogP contribution in [0.15, 0.2) is 113 Å². The van der Waals surface area contributed by atoms with Gasteiger partial charge in [0.15, 0.2) is 23.2 Å². The maximum atomic E-state index is 14.4. The number of nitrogens with two attached hydrogens (primary N) is 2. The number of rotatable bonds is 7. The lowest BCUT2D eigenvalue weighted by Gasteiger charge is -2.20. The van der Waals surface area contributed by atoms with Gasteiger partial charge in [-0.25, -0.2) is 8.78 Å². The molecule has 6 rings (SSSR count). The number of hydrogen-bond donors (Lipinski definition) is 6. The molecule has 0 fully saturated rings. The van der Waals surface area contributed by atoms with Crippen LogP contribution in [0.2, 0.25) is 10.0 Å². The van der Waals surface area contributed by atoms with E-state index in [0.717, 1.165) is 23.8 Å². The normalized spacial score (nSPS) is 11.9. The highest BCUT2D eigenvalue weighted by Gasteiger charge is 2.34. The van der Waals surface area contributed by atoms with E-state index >= 15 is 0 Å². The molecule has 0 aliphatic rings. The van der Waals surface area contributed by atoms with Crippen LogP contribution in [0.3, 0.4) is 0 Å². The second kappa shape index (κ2) is 17.1. The molecular weight excluding hydrogens is 794 g/mol. The molecule has 0 saturated heterocycles. The maximum Gasteiger partial charge on any atom is 0.416 e. The minimum atomic E-state index is -4.74. The van der Waals surface area contributed by atoms with Crippen LogP contribution in [-0.2, 0) is 6.18 Å². The van der Waals surface area contributed by atoms with E-state index in [1.54, 1.807) is 18.2 Å². The third-order valence-corrected chi connectivity index (χ3v) is 9.48. The molecule has 0 atom stereocenters. The van der Waals surface area contributed by atoms with E-state index in [1.807, 2.05) is 6.92 Å². The summed E-state index contributed by atoms with van der Waals surface area (Å²) in [5.41, 5.74) is 13.9. The van der Waals surface area contributed by atoms with Crippen LogP contribution in [0.1, 0.15) is 22.3 Å². The zero-order valence-corrected chi connectivity index (χ0v) is 31.2. The average molecular weight is 826 g/mol. The van der Waals surface area contributed by atoms with Crippen molar-refractivity contribution in [3.63, 3.8) is 0 Å². The van der Waals surface area contributed by atoms with Crippen molar-refractivity contribution in [2.75, 3.05) is 7.11 Å². The van der Waals surface area contributed by atoms with Crippen molar-refractivity contribution in [3.05, 3.63) is 147 Å². The van der Waals surface area contributed by atoms with E-state index in [4.69, 9.17) is 39.4 Å². The van der Waals surface area contributed by atoms with Crippen LogP contribution in [-0.4, -0.2) is 39.4 Å². The molecule has 0 aromatic heterocycles. The first-order chi connectivity index (χ1) is 27.0. The zero-order valence-electron chi connectivity index (χ0n) is 29.7. The maximum absolute atomic E-state index is 14.4. The van der Waals surface area contributed by atoms with Gasteiger partial charge in [-0.2, -0.15) is 13.2 Å². The monoisotopic (exact) mass is 824 g/mol. The summed E-state index contributed by atoms with van der Waals surface area (Å²) in [4.78, 5) is 0. The Balaban J connectivity index is 0.000000219. The third kappa shape index (κ3) is 8.82. The number of hydrogen-bond acceptors (Lipinski definition) is 7. The molecule has 6 aromatic carbocycles. The number of ether oxygens (including phenoxy) is 1. The number of nitrogens with zero attached hydrogens (tertiary/aromatic N) is 2. The number of alkyl halides is 3. The molecule has 0 spiro atoms. The smallest absolute Gasteiger partial charge is 0.416 e. The van der Waals surface area contributed by atoms with Crippen LogP contribution in [0.25, 0.3) is 44.5 Å². The standard InChI is InChI=1S/C21H16F4N2O3.C20H15Cl2FN2O2/c1-30-19-14(3-2-4-17(19)22)18-15(11-5-7-13(28)8-6-11)9-12(21(23,24)25)10-16(18)20(26)27-29;1-10-2-5-12(23)8-14(10)18-15(20(24)25-27)9-16(21)19(22)17(18)11-3-6-13(26)7-4-11/h2-10,28-29H,1H3,(H2,26,27);2-9,26-27H,1H3,(H2,24,25). The van der Waals surface area contributed by atoms with Gasteiger partial charge in [-0.1, -0.05) is 76.0 Å². The number of aromatic hydroxyl groups is 2. The minimum Gasteiger partial charge on any atom is -0.508 e. The number of methoxy groups -OCH3 is 1. The number of para-hydroxylation sites is 1. The molecule has 6 aromatic rings. The van der Waals surface area contributed by atoms with E-state index in [2.05, 4.69) is 10.3 Å². The first-order valence-corrected chi connectivity index (χ1v) is 17.2. The number of amidine groups is 2. The average Bonchev–Trinajstić information content (AvgIpc) is 3.19. The molecule has 0 radical (unpaired) electrons. The first-order valence-electron chi connectivity index (χ1n) is 16.4. The van der Waals surface area contributed by atoms with Gasteiger partial charge in [0.2, 0.25) is 0 Å². The van der Waals surface area contributed by atoms with Crippen LogP contribution < -0.4 is 16.2 Å². The number of phenolic OH excluding ortho intramolecular Hbond substituents is 2. The van der Waals surface area contributed by atoms with Gasteiger partial charge in [0, 0.05) is 33.4 Å². The Bertz CT molecular complexity index is 2510. The van der Waals surface area contributed by atoms with Gasteiger partial charge in [-0.3, -0.25) is 0 Å². The molecule has 0 amide bonds. The molecule has 9 nitrogen and oxygen atoms in total. The minimum absolute atomic E-state index is 0.0234. The lowest BCUT2D eigenvalue weighted by molar-refractivity contribution is -0.137. The molecule has 8 N–H and O–H groups in total. The summed E-state index contributed by atoms with van der Waals surface area (Å²) < 4.78 is 74.2. The molecule has 0 aliphatic heterocycles. The third-order valence-electron chi connectivity index (χ3n) is 8.70. The van der Waals surface area contributed by atoms with Gasteiger partial charge in [0.25, 0.3) is 0 Å². The lowest BCUT2D eigenvalue weighted by atomic mass is 9.87. The number of halogens is 7. The van der Waals surface area contributed by atoms with Crippen molar-refractivity contribution >= 4 is 34.9 Å².